The number of carbonyl (C=O) groups excluding carboxylic acids is 2. The van der Waals surface area contributed by atoms with E-state index in [2.05, 4.69) is 4.74 Å². The highest BCUT2D eigenvalue weighted by molar-refractivity contribution is 6.00. The van der Waals surface area contributed by atoms with Crippen LogP contribution >= 0.6 is 0 Å². The molecule has 2 rings (SSSR count). The summed E-state index contributed by atoms with van der Waals surface area (Å²) in [7, 11) is 1.25. The predicted octanol–water partition coefficient (Wildman–Crippen LogP) is 1.06. The number of amides is 1. The average molecular weight is 253 g/mol. The maximum Gasteiger partial charge on any atom is 0.311 e. The standard InChI is InChI=1S/C12H12FNO4/c1-18-12(17)7-5-10(15)14(6-7)9-4-2-3-8(13)11(9)16/h2-4,7,16H,5-6H2,1H3. The molecule has 18 heavy (non-hydrogen) atoms. The van der Waals surface area contributed by atoms with Gasteiger partial charge >= 0.3 is 5.97 Å². The van der Waals surface area contributed by atoms with E-state index in [0.29, 0.717) is 0 Å². The number of rotatable bonds is 2. The van der Waals surface area contributed by atoms with Crippen LogP contribution in [0.1, 0.15) is 6.42 Å². The van der Waals surface area contributed by atoms with Gasteiger partial charge in [0.25, 0.3) is 0 Å². The van der Waals surface area contributed by atoms with Crippen molar-refractivity contribution >= 4 is 17.6 Å². The molecular weight excluding hydrogens is 241 g/mol. The van der Waals surface area contributed by atoms with Crippen LogP contribution < -0.4 is 4.90 Å². The highest BCUT2D eigenvalue weighted by Crippen LogP contribution is 2.34. The highest BCUT2D eigenvalue weighted by atomic mass is 19.1. The molecule has 0 radical (unpaired) electrons. The minimum Gasteiger partial charge on any atom is -0.503 e. The Morgan fingerprint density at radius 2 is 2.28 bits per heavy atom. The third-order valence-corrected chi connectivity index (χ3v) is 2.92. The molecule has 1 aromatic carbocycles. The van der Waals surface area contributed by atoms with Crippen LogP contribution in [0.4, 0.5) is 10.1 Å². The lowest BCUT2D eigenvalue weighted by atomic mass is 10.1. The Balaban J connectivity index is 2.27. The lowest BCUT2D eigenvalue weighted by Gasteiger charge is -2.17. The van der Waals surface area contributed by atoms with Gasteiger partial charge in [-0.3, -0.25) is 9.59 Å². The molecule has 0 aliphatic carbocycles. The molecule has 1 amide bonds. The quantitative estimate of drug-likeness (QED) is 0.800. The summed E-state index contributed by atoms with van der Waals surface area (Å²) in [5, 5.41) is 9.57. The SMILES string of the molecule is COC(=O)C1CC(=O)N(c2cccc(F)c2O)C1. The predicted molar refractivity (Wildman–Crippen MR) is 60.5 cm³/mol. The van der Waals surface area contributed by atoms with Gasteiger partial charge in [0.05, 0.1) is 18.7 Å². The molecule has 0 saturated carbocycles. The second-order valence-electron chi connectivity index (χ2n) is 4.04. The fourth-order valence-electron chi connectivity index (χ4n) is 1.99. The van der Waals surface area contributed by atoms with Crippen molar-refractivity contribution in [1.82, 2.24) is 0 Å². The fraction of sp³-hybridized carbons (Fsp3) is 0.333. The van der Waals surface area contributed by atoms with Gasteiger partial charge in [0.2, 0.25) is 5.91 Å². The van der Waals surface area contributed by atoms with Crippen molar-refractivity contribution in [3.8, 4) is 5.75 Å². The Morgan fingerprint density at radius 1 is 1.56 bits per heavy atom. The second-order valence-corrected chi connectivity index (χ2v) is 4.04. The van der Waals surface area contributed by atoms with Crippen LogP contribution in [0.25, 0.3) is 0 Å². The van der Waals surface area contributed by atoms with E-state index in [1.165, 1.54) is 24.1 Å². The third-order valence-electron chi connectivity index (χ3n) is 2.92. The summed E-state index contributed by atoms with van der Waals surface area (Å²) in [6.45, 7) is 0.0858. The number of phenols is 1. The number of carbonyl (C=O) groups is 2. The molecule has 0 spiro atoms. The minimum absolute atomic E-state index is 0.00261. The fourth-order valence-corrected chi connectivity index (χ4v) is 1.99. The van der Waals surface area contributed by atoms with Crippen molar-refractivity contribution in [3.63, 3.8) is 0 Å². The van der Waals surface area contributed by atoms with Gasteiger partial charge in [-0.25, -0.2) is 4.39 Å². The van der Waals surface area contributed by atoms with Crippen molar-refractivity contribution < 1.29 is 23.8 Å². The van der Waals surface area contributed by atoms with Gasteiger partial charge in [0.15, 0.2) is 11.6 Å². The summed E-state index contributed by atoms with van der Waals surface area (Å²) in [4.78, 5) is 24.3. The first-order valence-corrected chi connectivity index (χ1v) is 5.40. The zero-order valence-electron chi connectivity index (χ0n) is 9.72. The van der Waals surface area contributed by atoms with Gasteiger partial charge in [0, 0.05) is 13.0 Å². The molecule has 1 fully saturated rings. The molecule has 1 saturated heterocycles. The van der Waals surface area contributed by atoms with Gasteiger partial charge in [-0.15, -0.1) is 0 Å². The van der Waals surface area contributed by atoms with Crippen LogP contribution in [0.15, 0.2) is 18.2 Å². The van der Waals surface area contributed by atoms with Gasteiger partial charge in [-0.05, 0) is 12.1 Å². The first-order chi connectivity index (χ1) is 8.54. The average Bonchev–Trinajstić information content (AvgIpc) is 2.74. The van der Waals surface area contributed by atoms with Crippen molar-refractivity contribution in [2.45, 2.75) is 6.42 Å². The van der Waals surface area contributed by atoms with E-state index < -0.39 is 23.5 Å². The summed E-state index contributed by atoms with van der Waals surface area (Å²) >= 11 is 0. The summed E-state index contributed by atoms with van der Waals surface area (Å²) in [6, 6.07) is 3.91. The Hall–Kier alpha value is -2.11. The van der Waals surface area contributed by atoms with Crippen molar-refractivity contribution in [2.24, 2.45) is 5.92 Å². The molecule has 5 nitrogen and oxygen atoms in total. The lowest BCUT2D eigenvalue weighted by Crippen LogP contribution is -2.26. The summed E-state index contributed by atoms with van der Waals surface area (Å²) in [5.41, 5.74) is 0.0754. The lowest BCUT2D eigenvalue weighted by molar-refractivity contribution is -0.145. The Bertz CT molecular complexity index is 503. The van der Waals surface area contributed by atoms with Gasteiger partial charge in [0.1, 0.15) is 0 Å². The van der Waals surface area contributed by atoms with Gasteiger partial charge in [-0.2, -0.15) is 0 Å². The number of nitrogens with zero attached hydrogens (tertiary/aromatic N) is 1. The van der Waals surface area contributed by atoms with E-state index in [1.807, 2.05) is 0 Å². The number of aromatic hydroxyl groups is 1. The van der Waals surface area contributed by atoms with Crippen molar-refractivity contribution in [1.29, 1.82) is 0 Å². The van der Waals surface area contributed by atoms with E-state index in [4.69, 9.17) is 0 Å². The molecule has 1 heterocycles. The number of benzene rings is 1. The molecule has 1 aliphatic heterocycles. The normalized spacial score (nSPS) is 19.1. The number of methoxy groups -OCH3 is 1. The Kier molecular flexibility index (Phi) is 3.18. The summed E-state index contributed by atoms with van der Waals surface area (Å²) in [6.07, 6.45) is 0.00261. The monoisotopic (exact) mass is 253 g/mol. The van der Waals surface area contributed by atoms with Crippen LogP contribution in [-0.4, -0.2) is 30.6 Å². The van der Waals surface area contributed by atoms with Crippen LogP contribution in [0.3, 0.4) is 0 Å². The zero-order chi connectivity index (χ0) is 13.3. The van der Waals surface area contributed by atoms with Crippen molar-refractivity contribution in [2.75, 3.05) is 18.6 Å². The molecule has 96 valence electrons. The van der Waals surface area contributed by atoms with Crippen LogP contribution in [0.5, 0.6) is 5.75 Å². The van der Waals surface area contributed by atoms with Crippen LogP contribution in [0.2, 0.25) is 0 Å². The number of anilines is 1. The molecule has 1 aliphatic rings. The molecule has 0 bridgehead atoms. The van der Waals surface area contributed by atoms with E-state index >= 15 is 0 Å². The van der Waals surface area contributed by atoms with Crippen LogP contribution in [-0.2, 0) is 14.3 Å². The molecule has 0 aromatic heterocycles. The van der Waals surface area contributed by atoms with Crippen molar-refractivity contribution in [3.05, 3.63) is 24.0 Å². The number of phenolic OH excluding ortho intramolecular Hbond substituents is 1. The third kappa shape index (κ3) is 2.01. The first-order valence-electron chi connectivity index (χ1n) is 5.40. The zero-order valence-corrected chi connectivity index (χ0v) is 9.72. The Labute approximate surface area is 103 Å². The number of para-hydroxylation sites is 1. The second kappa shape index (κ2) is 4.64. The smallest absolute Gasteiger partial charge is 0.311 e. The molecule has 6 heteroatoms. The molecule has 1 unspecified atom stereocenters. The van der Waals surface area contributed by atoms with Crippen LogP contribution in [0, 0.1) is 11.7 Å². The largest absolute Gasteiger partial charge is 0.503 e. The summed E-state index contributed by atoms with van der Waals surface area (Å²) in [5.74, 6) is -2.80. The van der Waals surface area contributed by atoms with E-state index in [0.717, 1.165) is 6.07 Å². The molecule has 1 aromatic rings. The Morgan fingerprint density at radius 3 is 2.94 bits per heavy atom. The van der Waals surface area contributed by atoms with Gasteiger partial charge in [-0.1, -0.05) is 6.07 Å². The maximum atomic E-state index is 13.2. The number of hydrogen-bond acceptors (Lipinski definition) is 4. The topological polar surface area (TPSA) is 66.8 Å². The highest BCUT2D eigenvalue weighted by Gasteiger charge is 2.37. The minimum atomic E-state index is -0.804. The number of esters is 1. The summed E-state index contributed by atoms with van der Waals surface area (Å²) < 4.78 is 17.8. The van der Waals surface area contributed by atoms with E-state index in [-0.39, 0.29) is 24.6 Å². The maximum absolute atomic E-state index is 13.2. The molecular formula is C12H12FNO4. The van der Waals surface area contributed by atoms with E-state index in [1.54, 1.807) is 0 Å². The number of ether oxygens (including phenoxy) is 1. The molecule has 1 atom stereocenters. The van der Waals surface area contributed by atoms with E-state index in [9.17, 15) is 19.1 Å². The first kappa shape index (κ1) is 12.3. The molecule has 1 N–H and O–H groups in total. The number of hydrogen-bond donors (Lipinski definition) is 1. The number of halogens is 1. The van der Waals surface area contributed by atoms with Gasteiger partial charge < -0.3 is 14.7 Å².